The number of amides is 2. The van der Waals surface area contributed by atoms with Crippen molar-refractivity contribution in [1.82, 2.24) is 5.32 Å². The van der Waals surface area contributed by atoms with Crippen LogP contribution in [0, 0.1) is 0 Å². The van der Waals surface area contributed by atoms with Crippen LogP contribution in [0.25, 0.3) is 0 Å². The largest absolute Gasteiger partial charge is 0.484 e. The van der Waals surface area contributed by atoms with Crippen molar-refractivity contribution in [2.24, 2.45) is 0 Å². The lowest BCUT2D eigenvalue weighted by atomic mass is 10.2. The lowest BCUT2D eigenvalue weighted by Gasteiger charge is -2.09. The second-order valence-electron chi connectivity index (χ2n) is 4.84. The van der Waals surface area contributed by atoms with Crippen LogP contribution in [0.15, 0.2) is 61.2 Å². The SMILES string of the molecule is C=CCNC(=O)COc1ccc(NC(=O)c2ccccc2Cl)cc1. The van der Waals surface area contributed by atoms with Gasteiger partial charge in [0.2, 0.25) is 0 Å². The van der Waals surface area contributed by atoms with Gasteiger partial charge in [-0.15, -0.1) is 6.58 Å². The molecular formula is C18H17ClN2O3. The zero-order chi connectivity index (χ0) is 17.4. The van der Waals surface area contributed by atoms with Crippen LogP contribution in [0.3, 0.4) is 0 Å². The quantitative estimate of drug-likeness (QED) is 0.757. The van der Waals surface area contributed by atoms with E-state index in [1.807, 2.05) is 0 Å². The maximum atomic E-state index is 12.1. The molecule has 0 heterocycles. The van der Waals surface area contributed by atoms with Crippen molar-refractivity contribution in [2.45, 2.75) is 0 Å². The van der Waals surface area contributed by atoms with Crippen LogP contribution in [-0.2, 0) is 4.79 Å². The predicted octanol–water partition coefficient (Wildman–Crippen LogP) is 3.27. The van der Waals surface area contributed by atoms with E-state index in [0.29, 0.717) is 28.6 Å². The summed E-state index contributed by atoms with van der Waals surface area (Å²) in [6.07, 6.45) is 1.59. The molecule has 2 aromatic rings. The van der Waals surface area contributed by atoms with Gasteiger partial charge < -0.3 is 15.4 Å². The third kappa shape index (κ3) is 5.14. The highest BCUT2D eigenvalue weighted by molar-refractivity contribution is 6.34. The number of anilines is 1. The van der Waals surface area contributed by atoms with Crippen molar-refractivity contribution in [2.75, 3.05) is 18.5 Å². The summed E-state index contributed by atoms with van der Waals surface area (Å²) in [5.74, 6) is 0.00330. The molecule has 0 unspecified atom stereocenters. The van der Waals surface area contributed by atoms with E-state index in [-0.39, 0.29) is 18.4 Å². The Morgan fingerprint density at radius 2 is 1.83 bits per heavy atom. The third-order valence-electron chi connectivity index (χ3n) is 3.04. The standard InChI is InChI=1S/C18H17ClN2O3/c1-2-11-20-17(22)12-24-14-9-7-13(8-10-14)21-18(23)15-5-3-4-6-16(15)19/h2-10H,1,11-12H2,(H,20,22)(H,21,23). The van der Waals surface area contributed by atoms with Gasteiger partial charge >= 0.3 is 0 Å². The molecule has 0 aliphatic heterocycles. The number of hydrogen-bond donors (Lipinski definition) is 2. The highest BCUT2D eigenvalue weighted by Crippen LogP contribution is 2.19. The van der Waals surface area contributed by atoms with Crippen LogP contribution < -0.4 is 15.4 Å². The van der Waals surface area contributed by atoms with Crippen LogP contribution in [0.4, 0.5) is 5.69 Å². The molecule has 0 aliphatic carbocycles. The number of nitrogens with one attached hydrogen (secondary N) is 2. The highest BCUT2D eigenvalue weighted by Gasteiger charge is 2.09. The Morgan fingerprint density at radius 1 is 1.12 bits per heavy atom. The molecule has 0 aliphatic rings. The first-order valence-electron chi connectivity index (χ1n) is 7.26. The van der Waals surface area contributed by atoms with Crippen molar-refractivity contribution in [3.05, 3.63) is 71.8 Å². The predicted molar refractivity (Wildman–Crippen MR) is 94.5 cm³/mol. The average Bonchev–Trinajstić information content (AvgIpc) is 2.59. The zero-order valence-corrected chi connectivity index (χ0v) is 13.7. The van der Waals surface area contributed by atoms with E-state index < -0.39 is 0 Å². The number of carbonyl (C=O) groups excluding carboxylic acids is 2. The molecule has 0 saturated heterocycles. The minimum absolute atomic E-state index is 0.0842. The molecule has 0 atom stereocenters. The number of rotatable bonds is 7. The van der Waals surface area contributed by atoms with Gasteiger partial charge in [-0.3, -0.25) is 9.59 Å². The van der Waals surface area contributed by atoms with Crippen LogP contribution in [0.2, 0.25) is 5.02 Å². The Kier molecular flexibility index (Phi) is 6.40. The summed E-state index contributed by atoms with van der Waals surface area (Å²) < 4.78 is 5.35. The van der Waals surface area contributed by atoms with Gasteiger partial charge in [0.05, 0.1) is 10.6 Å². The molecule has 2 amide bonds. The van der Waals surface area contributed by atoms with Crippen LogP contribution in [-0.4, -0.2) is 25.0 Å². The molecule has 0 spiro atoms. The summed E-state index contributed by atoms with van der Waals surface area (Å²) in [4.78, 5) is 23.6. The van der Waals surface area contributed by atoms with Crippen molar-refractivity contribution >= 4 is 29.1 Å². The van der Waals surface area contributed by atoms with Crippen LogP contribution >= 0.6 is 11.6 Å². The molecule has 2 N–H and O–H groups in total. The lowest BCUT2D eigenvalue weighted by Crippen LogP contribution is -2.28. The molecule has 5 nitrogen and oxygen atoms in total. The third-order valence-corrected chi connectivity index (χ3v) is 3.37. The van der Waals surface area contributed by atoms with E-state index in [1.54, 1.807) is 54.6 Å². The van der Waals surface area contributed by atoms with E-state index >= 15 is 0 Å². The number of halogens is 1. The Balaban J connectivity index is 1.90. The van der Waals surface area contributed by atoms with E-state index in [4.69, 9.17) is 16.3 Å². The van der Waals surface area contributed by atoms with Gasteiger partial charge in [-0.25, -0.2) is 0 Å². The van der Waals surface area contributed by atoms with E-state index in [1.165, 1.54) is 0 Å². The van der Waals surface area contributed by atoms with Crippen molar-refractivity contribution < 1.29 is 14.3 Å². The van der Waals surface area contributed by atoms with E-state index in [0.717, 1.165) is 0 Å². The summed E-state index contributed by atoms with van der Waals surface area (Å²) in [7, 11) is 0. The Labute approximate surface area is 145 Å². The Hall–Kier alpha value is -2.79. The number of benzene rings is 2. The number of hydrogen-bond acceptors (Lipinski definition) is 3. The summed E-state index contributed by atoms with van der Waals surface area (Å²) in [6, 6.07) is 13.5. The fourth-order valence-corrected chi connectivity index (χ4v) is 2.09. The first-order valence-corrected chi connectivity index (χ1v) is 7.64. The molecule has 0 bridgehead atoms. The minimum Gasteiger partial charge on any atom is -0.484 e. The topological polar surface area (TPSA) is 67.4 Å². The van der Waals surface area contributed by atoms with Crippen molar-refractivity contribution in [3.63, 3.8) is 0 Å². The fourth-order valence-electron chi connectivity index (χ4n) is 1.86. The molecule has 0 fully saturated rings. The van der Waals surface area contributed by atoms with Gasteiger partial charge in [0.25, 0.3) is 11.8 Å². The molecule has 2 rings (SSSR count). The molecule has 24 heavy (non-hydrogen) atoms. The molecular weight excluding hydrogens is 328 g/mol. The molecule has 6 heteroatoms. The van der Waals surface area contributed by atoms with Gasteiger partial charge in [0.1, 0.15) is 5.75 Å². The molecule has 0 saturated carbocycles. The zero-order valence-electron chi connectivity index (χ0n) is 12.9. The van der Waals surface area contributed by atoms with Gasteiger partial charge in [0, 0.05) is 12.2 Å². The first kappa shape index (κ1) is 17.6. The molecule has 2 aromatic carbocycles. The van der Waals surface area contributed by atoms with Crippen molar-refractivity contribution in [1.29, 1.82) is 0 Å². The minimum atomic E-state index is -0.293. The van der Waals surface area contributed by atoms with E-state index in [2.05, 4.69) is 17.2 Å². The molecule has 0 radical (unpaired) electrons. The summed E-state index contributed by atoms with van der Waals surface area (Å²) >= 11 is 5.99. The highest BCUT2D eigenvalue weighted by atomic mass is 35.5. The van der Waals surface area contributed by atoms with Crippen molar-refractivity contribution in [3.8, 4) is 5.75 Å². The van der Waals surface area contributed by atoms with Crippen LogP contribution in [0.1, 0.15) is 10.4 Å². The maximum Gasteiger partial charge on any atom is 0.258 e. The summed E-state index contributed by atoms with van der Waals surface area (Å²) in [5, 5.41) is 5.75. The molecule has 0 aromatic heterocycles. The number of carbonyl (C=O) groups is 2. The second-order valence-corrected chi connectivity index (χ2v) is 5.25. The first-order chi connectivity index (χ1) is 11.6. The second kappa shape index (κ2) is 8.74. The van der Waals surface area contributed by atoms with Gasteiger partial charge in [-0.05, 0) is 36.4 Å². The molecule has 124 valence electrons. The van der Waals surface area contributed by atoms with Gasteiger partial charge in [0.15, 0.2) is 6.61 Å². The number of ether oxygens (including phenoxy) is 1. The summed E-state index contributed by atoms with van der Waals surface area (Å²) in [5.41, 5.74) is 1.00. The van der Waals surface area contributed by atoms with E-state index in [9.17, 15) is 9.59 Å². The fraction of sp³-hybridized carbons (Fsp3) is 0.111. The lowest BCUT2D eigenvalue weighted by molar-refractivity contribution is -0.122. The Bertz CT molecular complexity index is 729. The van der Waals surface area contributed by atoms with Gasteiger partial charge in [-0.2, -0.15) is 0 Å². The van der Waals surface area contributed by atoms with Crippen LogP contribution in [0.5, 0.6) is 5.75 Å². The normalized spacial score (nSPS) is 9.88. The average molecular weight is 345 g/mol. The monoisotopic (exact) mass is 344 g/mol. The Morgan fingerprint density at radius 3 is 2.50 bits per heavy atom. The van der Waals surface area contributed by atoms with Gasteiger partial charge in [-0.1, -0.05) is 29.8 Å². The smallest absolute Gasteiger partial charge is 0.258 e. The maximum absolute atomic E-state index is 12.1. The summed E-state index contributed by atoms with van der Waals surface area (Å²) in [6.45, 7) is 3.83.